The van der Waals surface area contributed by atoms with Crippen molar-refractivity contribution >= 4 is 11.9 Å². The van der Waals surface area contributed by atoms with Crippen LogP contribution in [-0.2, 0) is 14.3 Å². The molecule has 0 heterocycles. The van der Waals surface area contributed by atoms with Crippen LogP contribution >= 0.6 is 0 Å². The Morgan fingerprint density at radius 2 is 0.898 bits per heavy atom. The largest absolute Gasteiger partial charge is 0.462 e. The Hall–Kier alpha value is -2.18. The lowest BCUT2D eigenvalue weighted by Gasteiger charge is -2.24. The highest BCUT2D eigenvalue weighted by Gasteiger charge is 2.24. The molecule has 3 N–H and O–H groups in total. The molecule has 0 fully saturated rings. The first kappa shape index (κ1) is 56.8. The van der Waals surface area contributed by atoms with Gasteiger partial charge in [0.05, 0.1) is 25.2 Å². The molecule has 6 nitrogen and oxygen atoms in total. The molecule has 0 saturated heterocycles. The van der Waals surface area contributed by atoms with Crippen molar-refractivity contribution < 1.29 is 24.5 Å². The highest BCUT2D eigenvalue weighted by Crippen LogP contribution is 2.17. The smallest absolute Gasteiger partial charge is 0.306 e. The van der Waals surface area contributed by atoms with Gasteiger partial charge in [0.2, 0.25) is 5.91 Å². The maximum absolute atomic E-state index is 13.2. The average Bonchev–Trinajstić information content (AvgIpc) is 3.23. The molecule has 59 heavy (non-hydrogen) atoms. The molecule has 0 aliphatic rings. The van der Waals surface area contributed by atoms with Crippen LogP contribution in [0.15, 0.2) is 48.6 Å². The Morgan fingerprint density at radius 3 is 1.37 bits per heavy atom. The predicted octanol–water partition coefficient (Wildman–Crippen LogP) is 15.1. The fraction of sp³-hybridized carbons (Fsp3) is 0.811. The van der Waals surface area contributed by atoms with Gasteiger partial charge in [-0.15, -0.1) is 0 Å². The molecule has 3 atom stereocenters. The van der Waals surface area contributed by atoms with Crippen LogP contribution in [0.3, 0.4) is 0 Å². The molecule has 0 aromatic carbocycles. The van der Waals surface area contributed by atoms with Crippen molar-refractivity contribution in [2.75, 3.05) is 6.61 Å². The number of allylic oxidation sites excluding steroid dienone is 8. The Labute approximate surface area is 366 Å². The molecular weight excluding hydrogens is 731 g/mol. The third-order valence-corrected chi connectivity index (χ3v) is 11.4. The quantitative estimate of drug-likeness (QED) is 0.0246. The fourth-order valence-corrected chi connectivity index (χ4v) is 7.55. The number of carbonyl (C=O) groups excluding carboxylic acids is 2. The summed E-state index contributed by atoms with van der Waals surface area (Å²) in [5, 5.41) is 23.7. The Bertz CT molecular complexity index is 1020. The van der Waals surface area contributed by atoms with Gasteiger partial charge in [-0.05, 0) is 70.6 Å². The van der Waals surface area contributed by atoms with Gasteiger partial charge in [0.15, 0.2) is 0 Å². The summed E-state index contributed by atoms with van der Waals surface area (Å²) in [6.45, 7) is 6.44. The van der Waals surface area contributed by atoms with E-state index in [-0.39, 0.29) is 24.9 Å². The molecular formula is C53H97NO5. The predicted molar refractivity (Wildman–Crippen MR) is 255 cm³/mol. The molecule has 1 amide bonds. The van der Waals surface area contributed by atoms with Crippen molar-refractivity contribution in [1.29, 1.82) is 0 Å². The van der Waals surface area contributed by atoms with Gasteiger partial charge < -0.3 is 20.3 Å². The summed E-state index contributed by atoms with van der Waals surface area (Å²) in [6, 6.07) is -0.712. The molecule has 344 valence electrons. The highest BCUT2D eigenvalue weighted by molar-refractivity contribution is 5.77. The normalized spacial score (nSPS) is 13.6. The zero-order valence-corrected chi connectivity index (χ0v) is 39.1. The van der Waals surface area contributed by atoms with E-state index >= 15 is 0 Å². The summed E-state index contributed by atoms with van der Waals surface area (Å²) in [5.41, 5.74) is 0. The van der Waals surface area contributed by atoms with Gasteiger partial charge in [-0.1, -0.05) is 217 Å². The van der Waals surface area contributed by atoms with Crippen molar-refractivity contribution in [2.45, 2.75) is 270 Å². The van der Waals surface area contributed by atoms with E-state index in [1.807, 2.05) is 0 Å². The number of aliphatic hydroxyl groups is 2. The van der Waals surface area contributed by atoms with E-state index < -0.39 is 18.2 Å². The number of aliphatic hydroxyl groups excluding tert-OH is 2. The Kier molecular flexibility index (Phi) is 45.1. The molecule has 0 aliphatic carbocycles. The molecule has 0 saturated carbocycles. The van der Waals surface area contributed by atoms with Crippen LogP contribution in [0.1, 0.15) is 252 Å². The van der Waals surface area contributed by atoms with Crippen molar-refractivity contribution in [3.63, 3.8) is 0 Å². The lowest BCUT2D eigenvalue weighted by Crippen LogP contribution is -2.46. The summed E-state index contributed by atoms with van der Waals surface area (Å²) in [5.74, 6) is -0.523. The summed E-state index contributed by atoms with van der Waals surface area (Å²) in [4.78, 5) is 26.1. The van der Waals surface area contributed by atoms with E-state index in [1.54, 1.807) is 0 Å². The number of hydrogen-bond acceptors (Lipinski definition) is 5. The van der Waals surface area contributed by atoms with Crippen molar-refractivity contribution in [2.24, 2.45) is 0 Å². The lowest BCUT2D eigenvalue weighted by molar-refractivity contribution is -0.151. The number of amides is 1. The number of carbonyl (C=O) groups is 2. The second-order valence-corrected chi connectivity index (χ2v) is 17.3. The van der Waals surface area contributed by atoms with E-state index in [4.69, 9.17) is 4.74 Å². The maximum Gasteiger partial charge on any atom is 0.306 e. The third-order valence-electron chi connectivity index (χ3n) is 11.4. The van der Waals surface area contributed by atoms with Crippen LogP contribution < -0.4 is 5.32 Å². The first-order valence-corrected chi connectivity index (χ1v) is 25.4. The zero-order valence-electron chi connectivity index (χ0n) is 39.1. The molecule has 0 spiro atoms. The molecule has 0 rings (SSSR count). The zero-order chi connectivity index (χ0) is 43.1. The van der Waals surface area contributed by atoms with Gasteiger partial charge in [0.25, 0.3) is 0 Å². The van der Waals surface area contributed by atoms with Gasteiger partial charge in [-0.3, -0.25) is 9.59 Å². The number of nitrogens with one attached hydrogen (secondary N) is 1. The third kappa shape index (κ3) is 42.3. The molecule has 0 aromatic heterocycles. The molecule has 0 radical (unpaired) electrons. The van der Waals surface area contributed by atoms with E-state index in [9.17, 15) is 19.8 Å². The van der Waals surface area contributed by atoms with Crippen LogP contribution in [0.2, 0.25) is 0 Å². The van der Waals surface area contributed by atoms with Gasteiger partial charge in [0, 0.05) is 6.42 Å². The van der Waals surface area contributed by atoms with Crippen molar-refractivity contribution in [1.82, 2.24) is 5.32 Å². The van der Waals surface area contributed by atoms with Crippen LogP contribution in [0.4, 0.5) is 0 Å². The van der Waals surface area contributed by atoms with Crippen LogP contribution in [0, 0.1) is 0 Å². The minimum atomic E-state index is -0.796. The number of unbranched alkanes of at least 4 members (excludes halogenated alkanes) is 27. The fourth-order valence-electron chi connectivity index (χ4n) is 7.55. The standard InChI is InChI=1S/C53H97NO5/c1-4-7-10-13-16-19-22-24-25-26-27-28-29-31-34-37-40-43-46-53(58)59-49(44-41-38-35-32-30-23-20-17-14-11-8-5-2)47-52(57)54-50(48-55)51(56)45-42-39-36-33-21-18-15-12-9-6-3/h22,24-28,32,35,49-51,55-56H,4-21,23,29-31,33-34,36-48H2,1-3H3,(H,54,57)/b24-22+,26-25+,28-27+,35-32-. The van der Waals surface area contributed by atoms with E-state index in [0.29, 0.717) is 19.3 Å². The van der Waals surface area contributed by atoms with Crippen LogP contribution in [0.25, 0.3) is 0 Å². The Morgan fingerprint density at radius 1 is 0.492 bits per heavy atom. The van der Waals surface area contributed by atoms with Crippen LogP contribution in [-0.4, -0.2) is 46.9 Å². The SMILES string of the molecule is CCCCCCC/C=C/C=C/C=C/CCCCCCCC(=O)OC(CCC/C=C\CCCCCCCCC)CC(=O)NC(CO)C(O)CCCCCCCCCCCC. The first-order chi connectivity index (χ1) is 29.0. The minimum Gasteiger partial charge on any atom is -0.462 e. The number of esters is 1. The van der Waals surface area contributed by atoms with E-state index in [2.05, 4.69) is 74.7 Å². The lowest BCUT2D eigenvalue weighted by atomic mass is 10.0. The summed E-state index contributed by atoms with van der Waals surface area (Å²) in [6.07, 6.45) is 56.0. The second-order valence-electron chi connectivity index (χ2n) is 17.3. The van der Waals surface area contributed by atoms with Gasteiger partial charge >= 0.3 is 5.97 Å². The van der Waals surface area contributed by atoms with E-state index in [0.717, 1.165) is 77.0 Å². The summed E-state index contributed by atoms with van der Waals surface area (Å²) in [7, 11) is 0. The maximum atomic E-state index is 13.2. The topological polar surface area (TPSA) is 95.9 Å². The first-order valence-electron chi connectivity index (χ1n) is 25.4. The molecule has 0 aliphatic heterocycles. The van der Waals surface area contributed by atoms with Gasteiger partial charge in [0.1, 0.15) is 6.10 Å². The van der Waals surface area contributed by atoms with Crippen molar-refractivity contribution in [3.8, 4) is 0 Å². The molecule has 0 bridgehead atoms. The number of hydrogen-bond donors (Lipinski definition) is 3. The second kappa shape index (κ2) is 46.9. The average molecular weight is 828 g/mol. The summed E-state index contributed by atoms with van der Waals surface area (Å²) < 4.78 is 5.90. The van der Waals surface area contributed by atoms with Gasteiger partial charge in [-0.2, -0.15) is 0 Å². The molecule has 6 heteroatoms. The Balaban J connectivity index is 4.61. The summed E-state index contributed by atoms with van der Waals surface area (Å²) >= 11 is 0. The van der Waals surface area contributed by atoms with E-state index in [1.165, 1.54) is 128 Å². The molecule has 3 unspecified atom stereocenters. The monoisotopic (exact) mass is 828 g/mol. The number of ether oxygens (including phenoxy) is 1. The number of rotatable bonds is 45. The van der Waals surface area contributed by atoms with Gasteiger partial charge in [-0.25, -0.2) is 0 Å². The minimum absolute atomic E-state index is 0.0487. The highest BCUT2D eigenvalue weighted by atomic mass is 16.5. The molecule has 0 aromatic rings. The van der Waals surface area contributed by atoms with Crippen LogP contribution in [0.5, 0.6) is 0 Å². The van der Waals surface area contributed by atoms with Crippen molar-refractivity contribution in [3.05, 3.63) is 48.6 Å².